The first-order valence-electron chi connectivity index (χ1n) is 9.93. The molecule has 4 amide bonds. The van der Waals surface area contributed by atoms with Crippen LogP contribution in [0.5, 0.6) is 0 Å². The van der Waals surface area contributed by atoms with Crippen molar-refractivity contribution in [1.29, 1.82) is 0 Å². The van der Waals surface area contributed by atoms with Gasteiger partial charge in [0.25, 0.3) is 0 Å². The average Bonchev–Trinajstić information content (AvgIpc) is 3.11. The van der Waals surface area contributed by atoms with Crippen LogP contribution in [-0.2, 0) is 28.8 Å². The molecule has 0 saturated heterocycles. The van der Waals surface area contributed by atoms with E-state index in [0.717, 1.165) is 24.1 Å². The molecule has 0 radical (unpaired) electrons. The molecule has 1 aromatic heterocycles. The Hall–Kier alpha value is -3.14. The van der Waals surface area contributed by atoms with Crippen LogP contribution in [0.4, 0.5) is 14.7 Å². The maximum atomic E-state index is 11.7. The molecule has 0 bridgehead atoms. The maximum Gasteiger partial charge on any atom is 0.426 e. The van der Waals surface area contributed by atoms with E-state index in [4.69, 9.17) is 4.74 Å². The number of carbonyl (C=O) groups excluding carboxylic acids is 3. The lowest BCUT2D eigenvalue weighted by Gasteiger charge is -2.19. The molecule has 1 heterocycles. The Bertz CT molecular complexity index is 890. The van der Waals surface area contributed by atoms with Gasteiger partial charge < -0.3 is 15.4 Å². The van der Waals surface area contributed by atoms with Crippen LogP contribution < -0.4 is 21.5 Å². The van der Waals surface area contributed by atoms with Crippen molar-refractivity contribution >= 4 is 34.5 Å². The van der Waals surface area contributed by atoms with Gasteiger partial charge in [0.2, 0.25) is 5.91 Å². The first-order valence-corrected chi connectivity index (χ1v) is 10.8. The Balaban J connectivity index is 1.66. The fourth-order valence-electron chi connectivity index (χ4n) is 2.55. The van der Waals surface area contributed by atoms with Crippen LogP contribution in [0.25, 0.3) is 0 Å². The van der Waals surface area contributed by atoms with Crippen molar-refractivity contribution in [2.45, 2.75) is 52.6 Å². The molecule has 168 valence electrons. The quantitative estimate of drug-likeness (QED) is 0.486. The molecule has 2 rings (SSSR count). The van der Waals surface area contributed by atoms with Crippen molar-refractivity contribution in [3.8, 4) is 0 Å². The summed E-state index contributed by atoms with van der Waals surface area (Å²) in [5.41, 5.74) is 7.02. The summed E-state index contributed by atoms with van der Waals surface area (Å²) in [6, 6.07) is 7.65. The van der Waals surface area contributed by atoms with Gasteiger partial charge in [-0.2, -0.15) is 0 Å². The first-order chi connectivity index (χ1) is 14.6. The summed E-state index contributed by atoms with van der Waals surface area (Å²) in [6.07, 6.45) is 1.58. The van der Waals surface area contributed by atoms with E-state index in [1.807, 2.05) is 17.5 Å². The monoisotopic (exact) mass is 447 g/mol. The standard InChI is InChI=1S/C21H29N5O4S/c1-14(27)23-19-24-17(13-31-19)10-9-15-5-7-16(8-6-15)11-12-22-18(28)25-26-20(29)30-21(2,3)4/h5-8,13H,9-12H2,1-4H3,(H,26,29)(H2,22,25,28)(H,23,24,27). The van der Waals surface area contributed by atoms with Gasteiger partial charge >= 0.3 is 12.1 Å². The molecule has 4 N–H and O–H groups in total. The minimum Gasteiger partial charge on any atom is -0.443 e. The summed E-state index contributed by atoms with van der Waals surface area (Å²) >= 11 is 1.42. The number of urea groups is 1. The van der Waals surface area contributed by atoms with Gasteiger partial charge in [-0.25, -0.2) is 25.4 Å². The summed E-state index contributed by atoms with van der Waals surface area (Å²) in [6.45, 7) is 7.10. The number of hydrazine groups is 1. The largest absolute Gasteiger partial charge is 0.443 e. The molecule has 2 aromatic rings. The topological polar surface area (TPSA) is 121 Å². The van der Waals surface area contributed by atoms with Crippen molar-refractivity contribution in [2.75, 3.05) is 11.9 Å². The Kier molecular flexibility index (Phi) is 8.80. The molecular weight excluding hydrogens is 418 g/mol. The third-order valence-corrected chi connectivity index (χ3v) is 4.71. The van der Waals surface area contributed by atoms with Crippen molar-refractivity contribution in [2.24, 2.45) is 0 Å². The molecule has 0 fully saturated rings. The van der Waals surface area contributed by atoms with Crippen LogP contribution in [0.2, 0.25) is 0 Å². The highest BCUT2D eigenvalue weighted by molar-refractivity contribution is 7.13. The zero-order valence-corrected chi connectivity index (χ0v) is 19.0. The van der Waals surface area contributed by atoms with Crippen LogP contribution >= 0.6 is 11.3 Å². The van der Waals surface area contributed by atoms with E-state index in [0.29, 0.717) is 18.1 Å². The van der Waals surface area contributed by atoms with Gasteiger partial charge in [-0.3, -0.25) is 4.79 Å². The normalized spacial score (nSPS) is 10.8. The summed E-state index contributed by atoms with van der Waals surface area (Å²) in [4.78, 5) is 38.6. The van der Waals surface area contributed by atoms with Crippen LogP contribution in [0.3, 0.4) is 0 Å². The molecule has 0 spiro atoms. The number of aryl methyl sites for hydroxylation is 2. The van der Waals surface area contributed by atoms with Gasteiger partial charge in [-0.15, -0.1) is 11.3 Å². The van der Waals surface area contributed by atoms with Crippen LogP contribution in [0, 0.1) is 0 Å². The highest BCUT2D eigenvalue weighted by Crippen LogP contribution is 2.17. The van der Waals surface area contributed by atoms with Crippen LogP contribution in [-0.4, -0.2) is 35.2 Å². The second-order valence-corrected chi connectivity index (χ2v) is 8.76. The van der Waals surface area contributed by atoms with Gasteiger partial charge in [-0.1, -0.05) is 24.3 Å². The minimum absolute atomic E-state index is 0.122. The molecule has 0 unspecified atom stereocenters. The number of hydrogen-bond donors (Lipinski definition) is 4. The molecular formula is C21H29N5O4S. The van der Waals surface area contributed by atoms with Gasteiger partial charge in [0.15, 0.2) is 5.13 Å². The predicted molar refractivity (Wildman–Crippen MR) is 120 cm³/mol. The maximum absolute atomic E-state index is 11.7. The molecule has 0 aliphatic carbocycles. The lowest BCUT2D eigenvalue weighted by molar-refractivity contribution is -0.114. The van der Waals surface area contributed by atoms with E-state index < -0.39 is 17.7 Å². The molecule has 0 saturated carbocycles. The number of rotatable bonds is 7. The number of benzene rings is 1. The Labute approximate surface area is 185 Å². The second kappa shape index (κ2) is 11.3. The van der Waals surface area contributed by atoms with E-state index >= 15 is 0 Å². The molecule has 9 nitrogen and oxygen atoms in total. The number of hydrogen-bond acceptors (Lipinski definition) is 6. The number of carbonyl (C=O) groups is 3. The number of aromatic nitrogens is 1. The number of nitrogens with zero attached hydrogens (tertiary/aromatic N) is 1. The highest BCUT2D eigenvalue weighted by Gasteiger charge is 2.16. The average molecular weight is 448 g/mol. The Morgan fingerprint density at radius 1 is 1.00 bits per heavy atom. The van der Waals surface area contributed by atoms with E-state index in [-0.39, 0.29) is 5.91 Å². The lowest BCUT2D eigenvalue weighted by Crippen LogP contribution is -2.48. The summed E-state index contributed by atoms with van der Waals surface area (Å²) in [5.74, 6) is -0.122. The molecule has 1 aromatic carbocycles. The number of amides is 4. The first kappa shape index (κ1) is 24.1. The fraction of sp³-hybridized carbons (Fsp3) is 0.429. The predicted octanol–water partition coefficient (Wildman–Crippen LogP) is 3.17. The van der Waals surface area contributed by atoms with E-state index in [1.165, 1.54) is 23.8 Å². The molecule has 0 atom stereocenters. The van der Waals surface area contributed by atoms with Gasteiger partial charge in [0.05, 0.1) is 5.69 Å². The van der Waals surface area contributed by atoms with Gasteiger partial charge in [-0.05, 0) is 51.2 Å². The van der Waals surface area contributed by atoms with Crippen LogP contribution in [0.15, 0.2) is 29.6 Å². The number of nitrogens with one attached hydrogen (secondary N) is 4. The van der Waals surface area contributed by atoms with Crippen molar-refractivity contribution in [3.63, 3.8) is 0 Å². The smallest absolute Gasteiger partial charge is 0.426 e. The van der Waals surface area contributed by atoms with Crippen molar-refractivity contribution in [3.05, 3.63) is 46.5 Å². The Morgan fingerprint density at radius 3 is 2.26 bits per heavy atom. The van der Waals surface area contributed by atoms with Crippen molar-refractivity contribution in [1.82, 2.24) is 21.2 Å². The Morgan fingerprint density at radius 2 is 1.65 bits per heavy atom. The van der Waals surface area contributed by atoms with Crippen LogP contribution in [0.1, 0.15) is 44.5 Å². The molecule has 31 heavy (non-hydrogen) atoms. The fourth-order valence-corrected chi connectivity index (χ4v) is 3.34. The third kappa shape index (κ3) is 9.94. The summed E-state index contributed by atoms with van der Waals surface area (Å²) in [5, 5.41) is 7.93. The zero-order chi connectivity index (χ0) is 22.9. The highest BCUT2D eigenvalue weighted by atomic mass is 32.1. The second-order valence-electron chi connectivity index (χ2n) is 7.90. The number of anilines is 1. The lowest BCUT2D eigenvalue weighted by atomic mass is 10.0. The SMILES string of the molecule is CC(=O)Nc1nc(CCc2ccc(CCNC(=O)NNC(=O)OC(C)(C)C)cc2)cs1. The minimum atomic E-state index is -0.720. The van der Waals surface area contributed by atoms with E-state index in [1.54, 1.807) is 20.8 Å². The van der Waals surface area contributed by atoms with Crippen molar-refractivity contribution < 1.29 is 19.1 Å². The molecule has 0 aliphatic heterocycles. The summed E-state index contributed by atoms with van der Waals surface area (Å²) < 4.78 is 5.02. The molecule has 10 heteroatoms. The zero-order valence-electron chi connectivity index (χ0n) is 18.2. The van der Waals surface area contributed by atoms with Gasteiger partial charge in [0, 0.05) is 18.8 Å². The number of ether oxygens (including phenoxy) is 1. The van der Waals surface area contributed by atoms with E-state index in [9.17, 15) is 14.4 Å². The summed E-state index contributed by atoms with van der Waals surface area (Å²) in [7, 11) is 0. The third-order valence-electron chi connectivity index (χ3n) is 3.90. The van der Waals surface area contributed by atoms with E-state index in [2.05, 4.69) is 38.6 Å². The van der Waals surface area contributed by atoms with Gasteiger partial charge in [0.1, 0.15) is 5.60 Å². The molecule has 0 aliphatic rings. The number of thiazole rings is 1.